The summed E-state index contributed by atoms with van der Waals surface area (Å²) in [4.78, 5) is 24.2. The zero-order valence-corrected chi connectivity index (χ0v) is 13.7. The standard InChI is InChI=1S/C14H23N3O3S/c1-5-8(6-20-4)17-14-9(13(16)19)10(15)12(21-14)11(18)7(2)3/h7-8,17H,5-6,15H2,1-4H3,(H2,16,19). The lowest BCUT2D eigenvalue weighted by molar-refractivity contribution is 0.0944. The smallest absolute Gasteiger partial charge is 0.253 e. The third-order valence-electron chi connectivity index (χ3n) is 3.14. The summed E-state index contributed by atoms with van der Waals surface area (Å²) in [6.45, 7) is 6.06. The van der Waals surface area contributed by atoms with Crippen LogP contribution in [0.5, 0.6) is 0 Å². The summed E-state index contributed by atoms with van der Waals surface area (Å²) in [5.41, 5.74) is 11.7. The maximum atomic E-state index is 12.2. The molecule has 6 nitrogen and oxygen atoms in total. The van der Waals surface area contributed by atoms with Crippen molar-refractivity contribution in [2.75, 3.05) is 24.8 Å². The number of nitrogen functional groups attached to an aromatic ring is 1. The third kappa shape index (κ3) is 3.95. The SMILES string of the molecule is CCC(COC)Nc1sc(C(=O)C(C)C)c(N)c1C(N)=O. The van der Waals surface area contributed by atoms with E-state index in [1.807, 2.05) is 6.92 Å². The number of ether oxygens (including phenoxy) is 1. The van der Waals surface area contributed by atoms with Crippen molar-refractivity contribution in [3.8, 4) is 0 Å². The molecular formula is C14H23N3O3S. The first-order valence-electron chi connectivity index (χ1n) is 6.85. The molecule has 0 aromatic carbocycles. The highest BCUT2D eigenvalue weighted by molar-refractivity contribution is 7.19. The number of carbonyl (C=O) groups is 2. The third-order valence-corrected chi connectivity index (χ3v) is 4.29. The molecule has 1 aromatic heterocycles. The Balaban J connectivity index is 3.22. The molecular weight excluding hydrogens is 290 g/mol. The maximum Gasteiger partial charge on any atom is 0.253 e. The van der Waals surface area contributed by atoms with Crippen molar-refractivity contribution >= 4 is 33.7 Å². The fourth-order valence-corrected chi connectivity index (χ4v) is 3.17. The van der Waals surface area contributed by atoms with E-state index in [4.69, 9.17) is 16.2 Å². The largest absolute Gasteiger partial charge is 0.397 e. The molecule has 0 aliphatic heterocycles. The lowest BCUT2D eigenvalue weighted by atomic mass is 10.1. The first-order valence-corrected chi connectivity index (χ1v) is 7.66. The summed E-state index contributed by atoms with van der Waals surface area (Å²) >= 11 is 1.18. The number of hydrogen-bond donors (Lipinski definition) is 3. The topological polar surface area (TPSA) is 107 Å². The van der Waals surface area contributed by atoms with Gasteiger partial charge in [-0.05, 0) is 6.42 Å². The van der Waals surface area contributed by atoms with Gasteiger partial charge in [-0.3, -0.25) is 9.59 Å². The van der Waals surface area contributed by atoms with Crippen LogP contribution in [0.25, 0.3) is 0 Å². The van der Waals surface area contributed by atoms with Crippen molar-refractivity contribution in [1.82, 2.24) is 0 Å². The fourth-order valence-electron chi connectivity index (χ4n) is 1.88. The van der Waals surface area contributed by atoms with E-state index in [0.29, 0.717) is 16.5 Å². The van der Waals surface area contributed by atoms with Gasteiger partial charge >= 0.3 is 0 Å². The van der Waals surface area contributed by atoms with E-state index in [1.54, 1.807) is 21.0 Å². The minimum Gasteiger partial charge on any atom is -0.397 e. The predicted molar refractivity (Wildman–Crippen MR) is 86.0 cm³/mol. The molecule has 1 unspecified atom stereocenters. The van der Waals surface area contributed by atoms with E-state index < -0.39 is 5.91 Å². The molecule has 1 atom stereocenters. The number of methoxy groups -OCH3 is 1. The number of rotatable bonds is 8. The molecule has 0 aliphatic carbocycles. The Morgan fingerprint density at radius 1 is 1.38 bits per heavy atom. The molecule has 5 N–H and O–H groups in total. The molecule has 7 heteroatoms. The second-order valence-electron chi connectivity index (χ2n) is 5.14. The maximum absolute atomic E-state index is 12.2. The summed E-state index contributed by atoms with van der Waals surface area (Å²) in [6, 6.07) is 0.0214. The molecule has 0 fully saturated rings. The number of carbonyl (C=O) groups excluding carboxylic acids is 2. The van der Waals surface area contributed by atoms with Crippen LogP contribution >= 0.6 is 11.3 Å². The fraction of sp³-hybridized carbons (Fsp3) is 0.571. The first kappa shape index (κ1) is 17.5. The van der Waals surface area contributed by atoms with E-state index >= 15 is 0 Å². The number of hydrogen-bond acceptors (Lipinski definition) is 6. The van der Waals surface area contributed by atoms with Gasteiger partial charge in [-0.25, -0.2) is 0 Å². The highest BCUT2D eigenvalue weighted by atomic mass is 32.1. The van der Waals surface area contributed by atoms with Gasteiger partial charge in [0.1, 0.15) is 5.00 Å². The van der Waals surface area contributed by atoms with E-state index in [2.05, 4.69) is 5.32 Å². The molecule has 0 radical (unpaired) electrons. The van der Waals surface area contributed by atoms with Crippen LogP contribution in [0.3, 0.4) is 0 Å². The number of amides is 1. The van der Waals surface area contributed by atoms with Gasteiger partial charge in [0.05, 0.1) is 22.7 Å². The second kappa shape index (κ2) is 7.42. The Morgan fingerprint density at radius 2 is 2.00 bits per heavy atom. The van der Waals surface area contributed by atoms with Crippen LogP contribution in [0.2, 0.25) is 0 Å². The Bertz CT molecular complexity index is 526. The number of nitrogens with one attached hydrogen (secondary N) is 1. The normalized spacial score (nSPS) is 12.4. The average Bonchev–Trinajstić information content (AvgIpc) is 2.73. The Morgan fingerprint density at radius 3 is 2.43 bits per heavy atom. The Hall–Kier alpha value is -1.60. The lowest BCUT2D eigenvalue weighted by Crippen LogP contribution is -2.25. The molecule has 118 valence electrons. The van der Waals surface area contributed by atoms with Crippen LogP contribution < -0.4 is 16.8 Å². The molecule has 1 rings (SSSR count). The Labute approximate surface area is 128 Å². The molecule has 0 aliphatic rings. The van der Waals surface area contributed by atoms with Crippen molar-refractivity contribution in [3.05, 3.63) is 10.4 Å². The summed E-state index contributed by atoms with van der Waals surface area (Å²) in [5.74, 6) is -0.922. The van der Waals surface area contributed by atoms with Crippen molar-refractivity contribution in [1.29, 1.82) is 0 Å². The predicted octanol–water partition coefficient (Wildman–Crippen LogP) is 2.10. The van der Waals surface area contributed by atoms with Crippen LogP contribution in [0.1, 0.15) is 47.2 Å². The molecule has 0 saturated carbocycles. The van der Waals surface area contributed by atoms with Crippen LogP contribution in [0.4, 0.5) is 10.7 Å². The summed E-state index contributed by atoms with van der Waals surface area (Å²) in [7, 11) is 1.61. The number of thiophene rings is 1. The van der Waals surface area contributed by atoms with Crippen molar-refractivity contribution < 1.29 is 14.3 Å². The van der Waals surface area contributed by atoms with Gasteiger partial charge in [-0.2, -0.15) is 0 Å². The number of primary amides is 1. The summed E-state index contributed by atoms with van der Waals surface area (Å²) < 4.78 is 5.12. The van der Waals surface area contributed by atoms with Gasteiger partial charge in [0.25, 0.3) is 5.91 Å². The summed E-state index contributed by atoms with van der Waals surface area (Å²) in [5, 5.41) is 3.73. The molecule has 0 bridgehead atoms. The minimum absolute atomic E-state index is 0.0214. The van der Waals surface area contributed by atoms with Crippen LogP contribution in [0, 0.1) is 5.92 Å². The van der Waals surface area contributed by atoms with Crippen LogP contribution in [0.15, 0.2) is 0 Å². The molecule has 1 aromatic rings. The van der Waals surface area contributed by atoms with E-state index in [0.717, 1.165) is 6.42 Å². The van der Waals surface area contributed by atoms with E-state index in [-0.39, 0.29) is 29.0 Å². The van der Waals surface area contributed by atoms with E-state index in [9.17, 15) is 9.59 Å². The molecule has 21 heavy (non-hydrogen) atoms. The number of nitrogens with two attached hydrogens (primary N) is 2. The number of Topliss-reactive ketones (excluding diaryl/α,β-unsaturated/α-hetero) is 1. The molecule has 0 spiro atoms. The highest BCUT2D eigenvalue weighted by Crippen LogP contribution is 2.37. The minimum atomic E-state index is -0.638. The second-order valence-corrected chi connectivity index (χ2v) is 6.16. The quantitative estimate of drug-likeness (QED) is 0.637. The zero-order chi connectivity index (χ0) is 16.2. The van der Waals surface area contributed by atoms with Crippen molar-refractivity contribution in [2.45, 2.75) is 33.2 Å². The average molecular weight is 313 g/mol. The first-order chi connectivity index (χ1) is 9.83. The molecule has 0 saturated heterocycles. The van der Waals surface area contributed by atoms with Gasteiger partial charge in [0, 0.05) is 19.1 Å². The van der Waals surface area contributed by atoms with Gasteiger partial charge in [0.2, 0.25) is 0 Å². The van der Waals surface area contributed by atoms with Gasteiger partial charge in [-0.15, -0.1) is 11.3 Å². The number of ketones is 1. The van der Waals surface area contributed by atoms with Crippen molar-refractivity contribution in [2.24, 2.45) is 11.7 Å². The van der Waals surface area contributed by atoms with Gasteiger partial charge in [-0.1, -0.05) is 20.8 Å². The van der Waals surface area contributed by atoms with Crippen molar-refractivity contribution in [3.63, 3.8) is 0 Å². The zero-order valence-electron chi connectivity index (χ0n) is 12.9. The van der Waals surface area contributed by atoms with E-state index in [1.165, 1.54) is 11.3 Å². The Kier molecular flexibility index (Phi) is 6.17. The van der Waals surface area contributed by atoms with Gasteiger partial charge in [0.15, 0.2) is 5.78 Å². The number of anilines is 2. The lowest BCUT2D eigenvalue weighted by Gasteiger charge is -2.16. The monoisotopic (exact) mass is 313 g/mol. The molecule has 1 heterocycles. The molecule has 1 amide bonds. The highest BCUT2D eigenvalue weighted by Gasteiger charge is 2.26. The summed E-state index contributed by atoms with van der Waals surface area (Å²) in [6.07, 6.45) is 0.803. The van der Waals surface area contributed by atoms with Crippen LogP contribution in [-0.4, -0.2) is 31.4 Å². The van der Waals surface area contributed by atoms with Crippen LogP contribution in [-0.2, 0) is 4.74 Å². The van der Waals surface area contributed by atoms with Gasteiger partial charge < -0.3 is 21.5 Å².